The highest BCUT2D eigenvalue weighted by atomic mass is 32.2. The van der Waals surface area contributed by atoms with Gasteiger partial charge in [-0.3, -0.25) is 9.89 Å². The first kappa shape index (κ1) is 20.6. The molecule has 4 aromatic rings. The number of rotatable bonds is 6. The third-order valence-corrected chi connectivity index (χ3v) is 8.64. The Labute approximate surface area is 188 Å². The number of anilines is 1. The van der Waals surface area contributed by atoms with Gasteiger partial charge in [0, 0.05) is 31.2 Å². The third kappa shape index (κ3) is 3.96. The molecule has 0 spiro atoms. The Morgan fingerprint density at radius 3 is 2.66 bits per heavy atom. The monoisotopic (exact) mass is 468 g/mol. The number of nitrogens with zero attached hydrogens (tertiary/aromatic N) is 4. The minimum atomic E-state index is -3.63. The predicted octanol–water partition coefficient (Wildman–Crippen LogP) is 2.78. The van der Waals surface area contributed by atoms with Crippen LogP contribution in [0.3, 0.4) is 0 Å². The quantitative estimate of drug-likeness (QED) is 0.446. The van der Waals surface area contributed by atoms with Crippen molar-refractivity contribution < 1.29 is 13.2 Å². The van der Waals surface area contributed by atoms with Crippen molar-refractivity contribution in [3.63, 3.8) is 0 Å². The van der Waals surface area contributed by atoms with Crippen molar-refractivity contribution in [3.05, 3.63) is 60.0 Å². The summed E-state index contributed by atoms with van der Waals surface area (Å²) in [6, 6.07) is 8.23. The van der Waals surface area contributed by atoms with Gasteiger partial charge in [-0.1, -0.05) is 23.5 Å². The molecule has 1 fully saturated rings. The van der Waals surface area contributed by atoms with E-state index < -0.39 is 9.84 Å². The molecule has 0 bridgehead atoms. The molecule has 0 radical (unpaired) electrons. The smallest absolute Gasteiger partial charge is 0.253 e. The van der Waals surface area contributed by atoms with E-state index in [9.17, 15) is 13.2 Å². The van der Waals surface area contributed by atoms with Crippen LogP contribution >= 0.6 is 11.3 Å². The van der Waals surface area contributed by atoms with Gasteiger partial charge in [0.05, 0.1) is 22.9 Å². The summed E-state index contributed by atoms with van der Waals surface area (Å²) >= 11 is 1.21. The number of thiazole rings is 1. The molecule has 2 N–H and O–H groups in total. The molecule has 0 aliphatic carbocycles. The third-order valence-electron chi connectivity index (χ3n) is 5.35. The first-order valence-electron chi connectivity index (χ1n) is 10.1. The molecule has 9 nitrogen and oxygen atoms in total. The van der Waals surface area contributed by atoms with E-state index in [1.807, 2.05) is 0 Å². The lowest BCUT2D eigenvalue weighted by Crippen LogP contribution is -2.22. The second kappa shape index (κ2) is 8.32. The number of carbonyl (C=O) groups is 1. The first-order chi connectivity index (χ1) is 15.5. The zero-order valence-electron chi connectivity index (χ0n) is 17.0. The predicted molar refractivity (Wildman–Crippen MR) is 121 cm³/mol. The number of carbonyl (C=O) groups excluding carboxylic acids is 1. The number of benzene rings is 1. The Bertz CT molecular complexity index is 1370. The standard InChI is InChI=1S/C21H20N6O3S2/c28-20(16-9-15-12-25-26-19(15)22-11-16)23-10-14-3-5-17(6-4-14)32(29,30)18-13-24-21(31-18)27-7-1-2-8-27/h3-6,9,11-13H,1-2,7-8,10H2,(H,23,28)(H,22,25,26). The van der Waals surface area contributed by atoms with Gasteiger partial charge in [0.15, 0.2) is 10.8 Å². The Kier molecular flexibility index (Phi) is 5.35. The van der Waals surface area contributed by atoms with E-state index >= 15 is 0 Å². The van der Waals surface area contributed by atoms with Gasteiger partial charge in [0.2, 0.25) is 9.84 Å². The normalized spacial score (nSPS) is 14.2. The summed E-state index contributed by atoms with van der Waals surface area (Å²) in [7, 11) is -3.63. The average Bonchev–Trinajstić information content (AvgIpc) is 3.58. The lowest BCUT2D eigenvalue weighted by molar-refractivity contribution is 0.0950. The van der Waals surface area contributed by atoms with E-state index in [-0.39, 0.29) is 21.6 Å². The summed E-state index contributed by atoms with van der Waals surface area (Å²) in [5, 5.41) is 11.0. The second-order valence-electron chi connectivity index (χ2n) is 7.52. The number of H-pyrrole nitrogens is 1. The van der Waals surface area contributed by atoms with Crippen LogP contribution in [-0.4, -0.2) is 47.6 Å². The minimum absolute atomic E-state index is 0.207. The highest BCUT2D eigenvalue weighted by Gasteiger charge is 2.23. The molecule has 1 aliphatic rings. The van der Waals surface area contributed by atoms with Gasteiger partial charge in [0.1, 0.15) is 4.21 Å². The maximum Gasteiger partial charge on any atom is 0.253 e. The van der Waals surface area contributed by atoms with E-state index in [0.29, 0.717) is 11.2 Å². The highest BCUT2D eigenvalue weighted by Crippen LogP contribution is 2.32. The summed E-state index contributed by atoms with van der Waals surface area (Å²) in [6.45, 7) is 2.10. The fourth-order valence-corrected chi connectivity index (χ4v) is 6.15. The molecule has 3 aromatic heterocycles. The van der Waals surface area contributed by atoms with E-state index in [1.54, 1.807) is 36.5 Å². The Morgan fingerprint density at radius 2 is 1.88 bits per heavy atom. The zero-order valence-corrected chi connectivity index (χ0v) is 18.6. The van der Waals surface area contributed by atoms with Crippen LogP contribution in [0.5, 0.6) is 0 Å². The van der Waals surface area contributed by atoms with E-state index in [0.717, 1.165) is 42.0 Å². The average molecular weight is 469 g/mol. The van der Waals surface area contributed by atoms with Crippen molar-refractivity contribution in [2.75, 3.05) is 18.0 Å². The van der Waals surface area contributed by atoms with Crippen LogP contribution in [0.4, 0.5) is 5.13 Å². The fourth-order valence-electron chi connectivity index (χ4n) is 3.58. The number of sulfone groups is 1. The number of nitrogens with one attached hydrogen (secondary N) is 2. The second-order valence-corrected chi connectivity index (χ2v) is 10.7. The zero-order chi connectivity index (χ0) is 22.1. The highest BCUT2D eigenvalue weighted by molar-refractivity contribution is 7.93. The number of pyridine rings is 1. The van der Waals surface area contributed by atoms with Crippen molar-refractivity contribution in [1.29, 1.82) is 0 Å². The van der Waals surface area contributed by atoms with Crippen LogP contribution in [0.25, 0.3) is 11.0 Å². The largest absolute Gasteiger partial charge is 0.348 e. The van der Waals surface area contributed by atoms with Crippen molar-refractivity contribution in [2.45, 2.75) is 28.5 Å². The van der Waals surface area contributed by atoms with Crippen LogP contribution in [0.2, 0.25) is 0 Å². The molecule has 11 heteroatoms. The number of aromatic nitrogens is 4. The SMILES string of the molecule is O=C(NCc1ccc(S(=O)(=O)c2cnc(N3CCCC3)s2)cc1)c1cnc2[nH]ncc2c1. The number of hydrogen-bond acceptors (Lipinski definition) is 8. The van der Waals surface area contributed by atoms with Crippen LogP contribution in [0.15, 0.2) is 58.0 Å². The Hall–Kier alpha value is -3.31. The van der Waals surface area contributed by atoms with Crippen molar-refractivity contribution in [2.24, 2.45) is 0 Å². The maximum absolute atomic E-state index is 13.0. The van der Waals surface area contributed by atoms with Crippen LogP contribution < -0.4 is 10.2 Å². The molecule has 0 unspecified atom stereocenters. The Morgan fingerprint density at radius 1 is 1.09 bits per heavy atom. The number of fused-ring (bicyclic) bond motifs is 1. The molecule has 0 saturated carbocycles. The van der Waals surface area contributed by atoms with Crippen LogP contribution in [0, 0.1) is 0 Å². The van der Waals surface area contributed by atoms with Gasteiger partial charge in [-0.2, -0.15) is 5.10 Å². The number of aromatic amines is 1. The summed E-state index contributed by atoms with van der Waals surface area (Å²) in [6.07, 6.45) is 6.74. The first-order valence-corrected chi connectivity index (χ1v) is 12.4. The van der Waals surface area contributed by atoms with Gasteiger partial charge in [-0.25, -0.2) is 18.4 Å². The lowest BCUT2D eigenvalue weighted by atomic mass is 10.2. The molecule has 1 aliphatic heterocycles. The van der Waals surface area contributed by atoms with Crippen molar-refractivity contribution in [1.82, 2.24) is 25.5 Å². The van der Waals surface area contributed by atoms with Gasteiger partial charge < -0.3 is 10.2 Å². The lowest BCUT2D eigenvalue weighted by Gasteiger charge is -2.12. The van der Waals surface area contributed by atoms with Crippen molar-refractivity contribution >= 4 is 43.2 Å². The topological polar surface area (TPSA) is 121 Å². The molecule has 0 atom stereocenters. The van der Waals surface area contributed by atoms with Crippen molar-refractivity contribution in [3.8, 4) is 0 Å². The molecular weight excluding hydrogens is 448 g/mol. The molecule has 1 amide bonds. The van der Waals surface area contributed by atoms with E-state index in [2.05, 4.69) is 30.4 Å². The maximum atomic E-state index is 13.0. The molecule has 32 heavy (non-hydrogen) atoms. The fraction of sp³-hybridized carbons (Fsp3) is 0.238. The van der Waals surface area contributed by atoms with Gasteiger partial charge in [-0.05, 0) is 36.6 Å². The van der Waals surface area contributed by atoms with Gasteiger partial charge in [-0.15, -0.1) is 0 Å². The van der Waals surface area contributed by atoms with Crippen LogP contribution in [-0.2, 0) is 16.4 Å². The summed E-state index contributed by atoms with van der Waals surface area (Å²) in [5.74, 6) is -0.267. The van der Waals surface area contributed by atoms with Gasteiger partial charge in [0.25, 0.3) is 5.91 Å². The number of hydrogen-bond donors (Lipinski definition) is 2. The Balaban J connectivity index is 1.25. The van der Waals surface area contributed by atoms with E-state index in [4.69, 9.17) is 0 Å². The van der Waals surface area contributed by atoms with Gasteiger partial charge >= 0.3 is 0 Å². The molecular formula is C21H20N6O3S2. The summed E-state index contributed by atoms with van der Waals surface area (Å²) in [5.41, 5.74) is 1.83. The summed E-state index contributed by atoms with van der Waals surface area (Å²) in [4.78, 5) is 23.2. The van der Waals surface area contributed by atoms with E-state index in [1.165, 1.54) is 23.7 Å². The summed E-state index contributed by atoms with van der Waals surface area (Å²) < 4.78 is 26.2. The molecule has 4 heterocycles. The molecule has 164 valence electrons. The molecule has 1 saturated heterocycles. The van der Waals surface area contributed by atoms with Crippen LogP contribution in [0.1, 0.15) is 28.8 Å². The number of amides is 1. The molecule has 1 aromatic carbocycles. The minimum Gasteiger partial charge on any atom is -0.348 e. The molecule has 5 rings (SSSR count).